The van der Waals surface area contributed by atoms with E-state index in [0.717, 1.165) is 5.56 Å². The van der Waals surface area contributed by atoms with Crippen molar-refractivity contribution >= 4 is 23.7 Å². The number of carbonyl (C=O) groups excluding carboxylic acids is 1. The molecular formula is C19H27ClN2O5. The van der Waals surface area contributed by atoms with Crippen LogP contribution in [0.2, 0.25) is 5.02 Å². The van der Waals surface area contributed by atoms with E-state index in [-0.39, 0.29) is 12.6 Å². The molecule has 0 spiro atoms. The minimum atomic E-state index is -0.897. The number of carboxylic acid groups (broad SMARTS) is 1. The molecule has 1 amide bonds. The number of carbonyl (C=O) groups is 2. The van der Waals surface area contributed by atoms with Crippen molar-refractivity contribution in [1.29, 1.82) is 0 Å². The van der Waals surface area contributed by atoms with Crippen LogP contribution < -0.4 is 4.74 Å². The molecule has 1 saturated heterocycles. The Morgan fingerprint density at radius 3 is 2.59 bits per heavy atom. The van der Waals surface area contributed by atoms with Crippen LogP contribution >= 0.6 is 11.6 Å². The van der Waals surface area contributed by atoms with Gasteiger partial charge < -0.3 is 19.5 Å². The van der Waals surface area contributed by atoms with Crippen molar-refractivity contribution in [2.45, 2.75) is 45.9 Å². The van der Waals surface area contributed by atoms with Crippen LogP contribution in [0, 0.1) is 0 Å². The molecule has 1 fully saturated rings. The van der Waals surface area contributed by atoms with Gasteiger partial charge in [0.15, 0.2) is 6.61 Å². The third-order valence-electron chi connectivity index (χ3n) is 4.14. The summed E-state index contributed by atoms with van der Waals surface area (Å²) in [4.78, 5) is 26.7. The van der Waals surface area contributed by atoms with E-state index < -0.39 is 17.7 Å². The Hall–Kier alpha value is -1.99. The lowest BCUT2D eigenvalue weighted by Crippen LogP contribution is -2.53. The molecule has 7 nitrogen and oxygen atoms in total. The minimum Gasteiger partial charge on any atom is -0.482 e. The van der Waals surface area contributed by atoms with Crippen molar-refractivity contribution in [2.24, 2.45) is 0 Å². The van der Waals surface area contributed by atoms with E-state index in [2.05, 4.69) is 4.90 Å². The highest BCUT2D eigenvalue weighted by Crippen LogP contribution is 2.25. The maximum absolute atomic E-state index is 11.9. The summed E-state index contributed by atoms with van der Waals surface area (Å²) >= 11 is 6.13. The van der Waals surface area contributed by atoms with Crippen molar-refractivity contribution in [3.05, 3.63) is 28.8 Å². The molecule has 0 bridgehead atoms. The van der Waals surface area contributed by atoms with E-state index in [1.165, 1.54) is 4.90 Å². The summed E-state index contributed by atoms with van der Waals surface area (Å²) in [7, 11) is 0. The summed E-state index contributed by atoms with van der Waals surface area (Å²) in [5.41, 5.74) is 0.283. The minimum absolute atomic E-state index is 0.0958. The van der Waals surface area contributed by atoms with Gasteiger partial charge in [-0.3, -0.25) is 4.90 Å². The first-order valence-corrected chi connectivity index (χ1v) is 9.28. The van der Waals surface area contributed by atoms with Crippen LogP contribution in [0.5, 0.6) is 5.75 Å². The van der Waals surface area contributed by atoms with E-state index in [0.29, 0.717) is 37.0 Å². The van der Waals surface area contributed by atoms with E-state index in [1.807, 2.05) is 6.92 Å². The maximum atomic E-state index is 11.9. The Kier molecular flexibility index (Phi) is 6.95. The quantitative estimate of drug-likeness (QED) is 0.767. The van der Waals surface area contributed by atoms with Crippen LogP contribution in [0.25, 0.3) is 0 Å². The van der Waals surface area contributed by atoms with Gasteiger partial charge in [0.1, 0.15) is 11.4 Å². The Morgan fingerprint density at radius 2 is 2.00 bits per heavy atom. The standard InChI is InChI=1S/C19H27ClN2O5/c1-13-10-21(7-8-22(13)18(24)25)11-14-9-15(20)5-6-16(14)26-12-17(23)27-19(2,3)4/h5-6,9,13H,7-8,10-12H2,1-4H3,(H,24,25)/t13-/m0/s1. The fourth-order valence-corrected chi connectivity index (χ4v) is 3.22. The summed E-state index contributed by atoms with van der Waals surface area (Å²) in [5.74, 6) is 0.130. The number of esters is 1. The Bertz CT molecular complexity index is 689. The molecule has 150 valence electrons. The molecule has 27 heavy (non-hydrogen) atoms. The van der Waals surface area contributed by atoms with Gasteiger partial charge in [0.05, 0.1) is 0 Å². The fraction of sp³-hybridized carbons (Fsp3) is 0.579. The summed E-state index contributed by atoms with van der Waals surface area (Å²) in [5, 5.41) is 9.77. The number of hydrogen-bond donors (Lipinski definition) is 1. The lowest BCUT2D eigenvalue weighted by atomic mass is 10.1. The number of halogens is 1. The average molecular weight is 399 g/mol. The number of nitrogens with zero attached hydrogens (tertiary/aromatic N) is 2. The molecule has 2 rings (SSSR count). The molecule has 0 unspecified atom stereocenters. The van der Waals surface area contributed by atoms with Crippen molar-refractivity contribution in [2.75, 3.05) is 26.2 Å². The predicted octanol–water partition coefficient (Wildman–Crippen LogP) is 3.24. The topological polar surface area (TPSA) is 79.3 Å². The normalized spacial score (nSPS) is 18.3. The smallest absolute Gasteiger partial charge is 0.407 e. The molecule has 1 aliphatic heterocycles. The number of hydrogen-bond acceptors (Lipinski definition) is 5. The molecule has 0 radical (unpaired) electrons. The van der Waals surface area contributed by atoms with Gasteiger partial charge in [-0.15, -0.1) is 0 Å². The van der Waals surface area contributed by atoms with Crippen molar-refractivity contribution in [3.63, 3.8) is 0 Å². The largest absolute Gasteiger partial charge is 0.482 e. The zero-order valence-corrected chi connectivity index (χ0v) is 17.0. The fourth-order valence-electron chi connectivity index (χ4n) is 3.02. The number of rotatable bonds is 5. The Balaban J connectivity index is 2.01. The highest BCUT2D eigenvalue weighted by molar-refractivity contribution is 6.30. The molecular weight excluding hydrogens is 372 g/mol. The maximum Gasteiger partial charge on any atom is 0.407 e. The van der Waals surface area contributed by atoms with Gasteiger partial charge in [0.25, 0.3) is 0 Å². The average Bonchev–Trinajstić information content (AvgIpc) is 2.52. The molecule has 1 N–H and O–H groups in total. The van der Waals surface area contributed by atoms with Crippen LogP contribution in [0.4, 0.5) is 4.79 Å². The third-order valence-corrected chi connectivity index (χ3v) is 4.37. The number of benzene rings is 1. The lowest BCUT2D eigenvalue weighted by Gasteiger charge is -2.38. The van der Waals surface area contributed by atoms with Crippen molar-refractivity contribution in [1.82, 2.24) is 9.80 Å². The summed E-state index contributed by atoms with van der Waals surface area (Å²) in [6.45, 7) is 9.35. The van der Waals surface area contributed by atoms with Gasteiger partial charge in [0, 0.05) is 42.8 Å². The van der Waals surface area contributed by atoms with E-state index in [4.69, 9.17) is 21.1 Å². The summed E-state index contributed by atoms with van der Waals surface area (Å²) in [6.07, 6.45) is -0.897. The first-order chi connectivity index (χ1) is 12.5. The number of ether oxygens (including phenoxy) is 2. The Morgan fingerprint density at radius 1 is 1.30 bits per heavy atom. The molecule has 1 aromatic carbocycles. The summed E-state index contributed by atoms with van der Waals surface area (Å²) in [6, 6.07) is 5.15. The third kappa shape index (κ3) is 6.59. The molecule has 1 aromatic rings. The molecule has 0 saturated carbocycles. The number of amides is 1. The first kappa shape index (κ1) is 21.3. The van der Waals surface area contributed by atoms with E-state index >= 15 is 0 Å². The predicted molar refractivity (Wildman–Crippen MR) is 102 cm³/mol. The van der Waals surface area contributed by atoms with Gasteiger partial charge in [-0.25, -0.2) is 9.59 Å². The van der Waals surface area contributed by atoms with Crippen LogP contribution in [0.15, 0.2) is 18.2 Å². The SMILES string of the molecule is C[C@H]1CN(Cc2cc(Cl)ccc2OCC(=O)OC(C)(C)C)CCN1C(=O)O. The molecule has 0 aliphatic carbocycles. The molecule has 8 heteroatoms. The van der Waals surface area contributed by atoms with Gasteiger partial charge in [-0.2, -0.15) is 0 Å². The van der Waals surface area contributed by atoms with Gasteiger partial charge in [-0.05, 0) is 45.9 Å². The molecule has 1 aliphatic rings. The summed E-state index contributed by atoms with van der Waals surface area (Å²) < 4.78 is 10.9. The molecule has 0 aromatic heterocycles. The van der Waals surface area contributed by atoms with Crippen LogP contribution in [0.1, 0.15) is 33.3 Å². The second-order valence-corrected chi connectivity index (χ2v) is 8.12. The van der Waals surface area contributed by atoms with Crippen LogP contribution in [-0.4, -0.2) is 64.9 Å². The van der Waals surface area contributed by atoms with Gasteiger partial charge >= 0.3 is 12.1 Å². The first-order valence-electron chi connectivity index (χ1n) is 8.90. The second-order valence-electron chi connectivity index (χ2n) is 7.69. The van der Waals surface area contributed by atoms with Crippen LogP contribution in [-0.2, 0) is 16.1 Å². The highest BCUT2D eigenvalue weighted by Gasteiger charge is 2.27. The zero-order valence-electron chi connectivity index (χ0n) is 16.2. The van der Waals surface area contributed by atoms with Gasteiger partial charge in [0.2, 0.25) is 0 Å². The second kappa shape index (κ2) is 8.80. The van der Waals surface area contributed by atoms with Gasteiger partial charge in [-0.1, -0.05) is 11.6 Å². The van der Waals surface area contributed by atoms with E-state index in [1.54, 1.807) is 39.0 Å². The lowest BCUT2D eigenvalue weighted by molar-refractivity contribution is -0.157. The highest BCUT2D eigenvalue weighted by atomic mass is 35.5. The zero-order chi connectivity index (χ0) is 20.2. The number of piperazine rings is 1. The van der Waals surface area contributed by atoms with Crippen LogP contribution in [0.3, 0.4) is 0 Å². The Labute approximate surface area is 164 Å². The monoisotopic (exact) mass is 398 g/mol. The van der Waals surface area contributed by atoms with E-state index in [9.17, 15) is 14.7 Å². The van der Waals surface area contributed by atoms with Crippen molar-refractivity contribution < 1.29 is 24.2 Å². The van der Waals surface area contributed by atoms with Crippen molar-refractivity contribution in [3.8, 4) is 5.75 Å². The molecule has 1 atom stereocenters. The molecule has 1 heterocycles.